The first-order valence-electron chi connectivity index (χ1n) is 9.27. The van der Waals surface area contributed by atoms with Crippen LogP contribution in [-0.2, 0) is 9.31 Å². The van der Waals surface area contributed by atoms with E-state index in [4.69, 9.17) is 14.3 Å². The van der Waals surface area contributed by atoms with Crippen molar-refractivity contribution in [3.05, 3.63) is 54.7 Å². The standard InChI is InChI=1S/C22H21BN2O2/c1-21(2)22(3,4)27-23(26-21)20-8-7-15-11-16-12-18-14(6-5-9-24-18)10-17(16)13-19(15)25-20/h5-13H,1-4H3. The lowest BCUT2D eigenvalue weighted by Gasteiger charge is -2.32. The first-order chi connectivity index (χ1) is 12.8. The molecule has 0 aliphatic carbocycles. The average Bonchev–Trinajstić information content (AvgIpc) is 2.85. The second-order valence-electron chi connectivity index (χ2n) is 8.26. The van der Waals surface area contributed by atoms with Crippen LogP contribution in [0.2, 0.25) is 0 Å². The predicted octanol–water partition coefficient (Wildman–Crippen LogP) is 4.24. The molecule has 0 atom stereocenters. The van der Waals surface area contributed by atoms with E-state index in [-0.39, 0.29) is 11.2 Å². The third-order valence-electron chi connectivity index (χ3n) is 5.88. The number of fused-ring (bicyclic) bond motifs is 3. The van der Waals surface area contributed by atoms with Gasteiger partial charge < -0.3 is 9.31 Å². The molecule has 0 N–H and O–H groups in total. The van der Waals surface area contributed by atoms with E-state index in [2.05, 4.69) is 69.1 Å². The quantitative estimate of drug-likeness (QED) is 0.378. The molecule has 1 aliphatic heterocycles. The van der Waals surface area contributed by atoms with Crippen LogP contribution in [0, 0.1) is 0 Å². The smallest absolute Gasteiger partial charge is 0.398 e. The van der Waals surface area contributed by atoms with Gasteiger partial charge >= 0.3 is 7.12 Å². The maximum absolute atomic E-state index is 6.15. The van der Waals surface area contributed by atoms with Gasteiger partial charge in [-0.15, -0.1) is 0 Å². The number of benzene rings is 2. The highest BCUT2D eigenvalue weighted by Gasteiger charge is 2.52. The van der Waals surface area contributed by atoms with Gasteiger partial charge in [-0.3, -0.25) is 9.97 Å². The Kier molecular flexibility index (Phi) is 3.40. The lowest BCUT2D eigenvalue weighted by atomic mass is 9.84. The number of aromatic nitrogens is 2. The topological polar surface area (TPSA) is 44.2 Å². The van der Waals surface area contributed by atoms with Crippen molar-refractivity contribution in [2.75, 3.05) is 0 Å². The van der Waals surface area contributed by atoms with Gasteiger partial charge in [0.15, 0.2) is 0 Å². The van der Waals surface area contributed by atoms with E-state index >= 15 is 0 Å². The minimum absolute atomic E-state index is 0.371. The molecule has 0 bridgehead atoms. The van der Waals surface area contributed by atoms with Gasteiger partial charge in [-0.2, -0.15) is 0 Å². The van der Waals surface area contributed by atoms with E-state index in [1.807, 2.05) is 18.3 Å². The number of nitrogens with zero attached hydrogens (tertiary/aromatic N) is 2. The van der Waals surface area contributed by atoms with Crippen molar-refractivity contribution in [2.45, 2.75) is 38.9 Å². The molecule has 4 aromatic rings. The van der Waals surface area contributed by atoms with Gasteiger partial charge in [-0.25, -0.2) is 0 Å². The third-order valence-corrected chi connectivity index (χ3v) is 5.88. The number of hydrogen-bond donors (Lipinski definition) is 0. The van der Waals surface area contributed by atoms with Crippen LogP contribution >= 0.6 is 0 Å². The lowest BCUT2D eigenvalue weighted by Crippen LogP contribution is -2.41. The largest absolute Gasteiger partial charge is 0.514 e. The molecule has 0 amide bonds. The van der Waals surface area contributed by atoms with E-state index in [0.29, 0.717) is 0 Å². The van der Waals surface area contributed by atoms with Gasteiger partial charge in [-0.1, -0.05) is 12.1 Å². The van der Waals surface area contributed by atoms with Crippen molar-refractivity contribution >= 4 is 45.3 Å². The SMILES string of the molecule is CC1(C)OB(c2ccc3cc4cc5ncccc5cc4cc3n2)OC1(C)C. The Morgan fingerprint density at radius 3 is 2.07 bits per heavy atom. The Morgan fingerprint density at radius 1 is 0.741 bits per heavy atom. The van der Waals surface area contributed by atoms with Gasteiger partial charge in [0.1, 0.15) is 0 Å². The van der Waals surface area contributed by atoms with Gasteiger partial charge in [0, 0.05) is 17.0 Å². The second-order valence-corrected chi connectivity index (χ2v) is 8.26. The number of hydrogen-bond acceptors (Lipinski definition) is 4. The van der Waals surface area contributed by atoms with Crippen LogP contribution in [0.5, 0.6) is 0 Å². The Bertz CT molecular complexity index is 1190. The zero-order chi connectivity index (χ0) is 18.8. The summed E-state index contributed by atoms with van der Waals surface area (Å²) in [5.74, 6) is 0. The van der Waals surface area contributed by atoms with E-state index in [0.717, 1.165) is 32.8 Å². The Labute approximate surface area is 158 Å². The molecule has 1 aliphatic rings. The minimum Gasteiger partial charge on any atom is -0.398 e. The van der Waals surface area contributed by atoms with E-state index in [1.54, 1.807) is 0 Å². The first kappa shape index (κ1) is 16.7. The summed E-state index contributed by atoms with van der Waals surface area (Å²) in [5.41, 5.74) is 2.01. The summed E-state index contributed by atoms with van der Waals surface area (Å²) >= 11 is 0. The monoisotopic (exact) mass is 356 g/mol. The molecule has 0 spiro atoms. The fraction of sp³-hybridized carbons (Fsp3) is 0.273. The summed E-state index contributed by atoms with van der Waals surface area (Å²) in [5, 5.41) is 4.55. The molecule has 5 rings (SSSR count). The van der Waals surface area contributed by atoms with Crippen molar-refractivity contribution in [3.63, 3.8) is 0 Å². The molecule has 134 valence electrons. The highest BCUT2D eigenvalue weighted by Crippen LogP contribution is 2.36. The molecule has 27 heavy (non-hydrogen) atoms. The van der Waals surface area contributed by atoms with Crippen LogP contribution in [0.25, 0.3) is 32.6 Å². The van der Waals surface area contributed by atoms with Crippen LogP contribution in [0.4, 0.5) is 0 Å². The molecule has 2 aromatic heterocycles. The van der Waals surface area contributed by atoms with Gasteiger partial charge in [0.25, 0.3) is 0 Å². The molecular formula is C22H21BN2O2. The summed E-state index contributed by atoms with van der Waals surface area (Å²) in [6.45, 7) is 8.23. The average molecular weight is 356 g/mol. The van der Waals surface area contributed by atoms with Crippen LogP contribution in [0.15, 0.2) is 54.7 Å². The summed E-state index contributed by atoms with van der Waals surface area (Å²) in [4.78, 5) is 9.31. The molecule has 2 aromatic carbocycles. The van der Waals surface area contributed by atoms with Gasteiger partial charge in [0.05, 0.1) is 27.8 Å². The van der Waals surface area contributed by atoms with E-state index < -0.39 is 7.12 Å². The third kappa shape index (κ3) is 2.61. The summed E-state index contributed by atoms with van der Waals surface area (Å²) in [7, 11) is -0.448. The summed E-state index contributed by atoms with van der Waals surface area (Å²) < 4.78 is 12.3. The summed E-state index contributed by atoms with van der Waals surface area (Å²) in [6, 6.07) is 16.7. The van der Waals surface area contributed by atoms with E-state index in [9.17, 15) is 0 Å². The maximum atomic E-state index is 6.15. The van der Waals surface area contributed by atoms with Crippen LogP contribution < -0.4 is 5.59 Å². The molecule has 0 radical (unpaired) electrons. The van der Waals surface area contributed by atoms with Gasteiger partial charge in [0.2, 0.25) is 0 Å². The highest BCUT2D eigenvalue weighted by molar-refractivity contribution is 6.61. The van der Waals surface area contributed by atoms with E-state index in [1.165, 1.54) is 5.39 Å². The molecule has 5 heteroatoms. The summed E-state index contributed by atoms with van der Waals surface area (Å²) in [6.07, 6.45) is 1.83. The fourth-order valence-electron chi connectivity index (χ4n) is 3.55. The zero-order valence-electron chi connectivity index (χ0n) is 16.0. The normalized spacial score (nSPS) is 18.6. The van der Waals surface area contributed by atoms with Crippen LogP contribution in [0.1, 0.15) is 27.7 Å². The molecule has 0 saturated carbocycles. The molecule has 1 saturated heterocycles. The fourth-order valence-corrected chi connectivity index (χ4v) is 3.55. The van der Waals surface area contributed by atoms with Crippen molar-refractivity contribution in [3.8, 4) is 0 Å². The van der Waals surface area contributed by atoms with Crippen molar-refractivity contribution in [1.29, 1.82) is 0 Å². The van der Waals surface area contributed by atoms with Crippen molar-refractivity contribution in [1.82, 2.24) is 9.97 Å². The molecule has 1 fully saturated rings. The Balaban J connectivity index is 1.63. The lowest BCUT2D eigenvalue weighted by molar-refractivity contribution is 0.00578. The Morgan fingerprint density at radius 2 is 1.37 bits per heavy atom. The highest BCUT2D eigenvalue weighted by atomic mass is 16.7. The van der Waals surface area contributed by atoms with Crippen LogP contribution in [0.3, 0.4) is 0 Å². The zero-order valence-corrected chi connectivity index (χ0v) is 16.0. The van der Waals surface area contributed by atoms with Crippen LogP contribution in [-0.4, -0.2) is 28.3 Å². The maximum Gasteiger partial charge on any atom is 0.514 e. The number of rotatable bonds is 1. The first-order valence-corrected chi connectivity index (χ1v) is 9.27. The molecule has 0 unspecified atom stereocenters. The predicted molar refractivity (Wildman–Crippen MR) is 110 cm³/mol. The Hall–Kier alpha value is -2.50. The second kappa shape index (κ2) is 5.50. The number of pyridine rings is 2. The molecule has 3 heterocycles. The van der Waals surface area contributed by atoms with Gasteiger partial charge in [-0.05, 0) is 74.9 Å². The molecule has 4 nitrogen and oxygen atoms in total. The van der Waals surface area contributed by atoms with Crippen molar-refractivity contribution < 1.29 is 9.31 Å². The molecular weight excluding hydrogens is 335 g/mol. The minimum atomic E-state index is -0.448. The van der Waals surface area contributed by atoms with Crippen molar-refractivity contribution in [2.24, 2.45) is 0 Å².